The summed E-state index contributed by atoms with van der Waals surface area (Å²) in [4.78, 5) is 25.0. The van der Waals surface area contributed by atoms with Crippen LogP contribution in [0.4, 0.5) is 0 Å². The molecule has 94 valence electrons. The van der Waals surface area contributed by atoms with E-state index < -0.39 is 23.6 Å². The maximum atomic E-state index is 11.6. The molecule has 1 aromatic rings. The van der Waals surface area contributed by atoms with Gasteiger partial charge in [-0.15, -0.1) is 0 Å². The third kappa shape index (κ3) is 2.17. The summed E-state index contributed by atoms with van der Waals surface area (Å²) < 4.78 is 6.75. The number of rotatable bonds is 2. The smallest absolute Gasteiger partial charge is 0.330 e. The number of hydrogen-bond donors (Lipinski definition) is 3. The summed E-state index contributed by atoms with van der Waals surface area (Å²) in [6.45, 7) is 1.42. The molecule has 1 unspecified atom stereocenters. The summed E-state index contributed by atoms with van der Waals surface area (Å²) in [7, 11) is 0. The minimum atomic E-state index is -0.537. The van der Waals surface area contributed by atoms with Gasteiger partial charge in [-0.05, 0) is 6.92 Å². The van der Waals surface area contributed by atoms with Crippen LogP contribution in [0, 0.1) is 6.92 Å². The molecular formula is C10H15N3O4. The Morgan fingerprint density at radius 3 is 2.94 bits per heavy atom. The zero-order chi connectivity index (χ0) is 12.6. The molecule has 0 saturated carbocycles. The normalized spacial score (nSPS) is 28.5. The first-order valence-electron chi connectivity index (χ1n) is 5.37. The zero-order valence-electron chi connectivity index (χ0n) is 9.42. The van der Waals surface area contributed by atoms with Gasteiger partial charge in [0.2, 0.25) is 0 Å². The third-order valence-corrected chi connectivity index (χ3v) is 2.92. The lowest BCUT2D eigenvalue weighted by molar-refractivity contribution is -0.0271. The standard InChI is InChI=1S/C10H15N3O4/c1-5-3-13(10(16)12-9(5)15)8-2-6(11)7(4-14)17-8/h3,6-8,14H,2,4,11H2,1H3,(H,12,15,16)/t6?,7-,8-/m1/s1. The molecule has 0 spiro atoms. The van der Waals surface area contributed by atoms with E-state index in [2.05, 4.69) is 4.98 Å². The number of hydrogen-bond acceptors (Lipinski definition) is 5. The molecule has 1 aliphatic heterocycles. The van der Waals surface area contributed by atoms with Crippen molar-refractivity contribution in [3.8, 4) is 0 Å². The molecule has 3 atom stereocenters. The minimum absolute atomic E-state index is 0.186. The van der Waals surface area contributed by atoms with Gasteiger partial charge in [-0.25, -0.2) is 4.79 Å². The van der Waals surface area contributed by atoms with Crippen LogP contribution in [0.3, 0.4) is 0 Å². The zero-order valence-corrected chi connectivity index (χ0v) is 9.42. The van der Waals surface area contributed by atoms with Gasteiger partial charge in [-0.2, -0.15) is 0 Å². The van der Waals surface area contributed by atoms with Crippen molar-refractivity contribution in [2.24, 2.45) is 5.73 Å². The highest BCUT2D eigenvalue weighted by molar-refractivity contribution is 5.02. The molecule has 7 heteroatoms. The first-order chi connectivity index (χ1) is 8.02. The van der Waals surface area contributed by atoms with E-state index in [4.69, 9.17) is 15.6 Å². The molecule has 1 saturated heterocycles. The molecule has 4 N–H and O–H groups in total. The topological polar surface area (TPSA) is 110 Å². The van der Waals surface area contributed by atoms with Crippen molar-refractivity contribution in [2.75, 3.05) is 6.61 Å². The van der Waals surface area contributed by atoms with Crippen LogP contribution in [0.5, 0.6) is 0 Å². The van der Waals surface area contributed by atoms with Crippen LogP contribution in [-0.4, -0.2) is 33.4 Å². The van der Waals surface area contributed by atoms with E-state index >= 15 is 0 Å². The van der Waals surface area contributed by atoms with Crippen molar-refractivity contribution in [3.05, 3.63) is 32.6 Å². The summed E-state index contributed by atoms with van der Waals surface area (Å²) in [5.74, 6) is 0. The van der Waals surface area contributed by atoms with Gasteiger partial charge in [0, 0.05) is 24.2 Å². The van der Waals surface area contributed by atoms with Crippen LogP contribution >= 0.6 is 0 Å². The Kier molecular flexibility index (Phi) is 3.14. The number of aliphatic hydroxyl groups is 1. The molecule has 2 heterocycles. The highest BCUT2D eigenvalue weighted by atomic mass is 16.5. The van der Waals surface area contributed by atoms with Crippen LogP contribution in [0.15, 0.2) is 15.8 Å². The van der Waals surface area contributed by atoms with E-state index in [0.717, 1.165) is 0 Å². The van der Waals surface area contributed by atoms with Gasteiger partial charge < -0.3 is 15.6 Å². The molecular weight excluding hydrogens is 226 g/mol. The largest absolute Gasteiger partial charge is 0.394 e. The first-order valence-corrected chi connectivity index (χ1v) is 5.37. The number of ether oxygens (including phenoxy) is 1. The van der Waals surface area contributed by atoms with Crippen molar-refractivity contribution in [1.82, 2.24) is 9.55 Å². The van der Waals surface area contributed by atoms with Crippen molar-refractivity contribution in [3.63, 3.8) is 0 Å². The van der Waals surface area contributed by atoms with E-state index in [9.17, 15) is 9.59 Å². The number of aromatic nitrogens is 2. The fraction of sp³-hybridized carbons (Fsp3) is 0.600. The molecule has 7 nitrogen and oxygen atoms in total. The van der Waals surface area contributed by atoms with Gasteiger partial charge in [-0.3, -0.25) is 14.3 Å². The fourth-order valence-electron chi connectivity index (χ4n) is 1.90. The van der Waals surface area contributed by atoms with Crippen LogP contribution in [0.25, 0.3) is 0 Å². The molecule has 0 aliphatic carbocycles. The molecule has 0 amide bonds. The van der Waals surface area contributed by atoms with Crippen LogP contribution in [-0.2, 0) is 4.74 Å². The van der Waals surface area contributed by atoms with Crippen LogP contribution in [0.1, 0.15) is 18.2 Å². The van der Waals surface area contributed by atoms with E-state index in [-0.39, 0.29) is 12.6 Å². The van der Waals surface area contributed by atoms with Crippen molar-refractivity contribution in [1.29, 1.82) is 0 Å². The second-order valence-electron chi connectivity index (χ2n) is 4.19. The second kappa shape index (κ2) is 4.44. The van der Waals surface area contributed by atoms with E-state index in [1.165, 1.54) is 10.8 Å². The molecule has 0 radical (unpaired) electrons. The number of nitrogens with one attached hydrogen (secondary N) is 1. The molecule has 1 fully saturated rings. The first kappa shape index (κ1) is 12.0. The van der Waals surface area contributed by atoms with E-state index in [0.29, 0.717) is 12.0 Å². The number of nitrogens with zero attached hydrogens (tertiary/aromatic N) is 1. The Morgan fingerprint density at radius 2 is 2.35 bits per heavy atom. The number of nitrogens with two attached hydrogens (primary N) is 1. The predicted octanol–water partition coefficient (Wildman–Crippen LogP) is -1.55. The van der Waals surface area contributed by atoms with Gasteiger partial charge >= 0.3 is 5.69 Å². The monoisotopic (exact) mass is 241 g/mol. The van der Waals surface area contributed by atoms with Gasteiger partial charge in [0.05, 0.1) is 12.7 Å². The lowest BCUT2D eigenvalue weighted by Crippen LogP contribution is -2.33. The molecule has 17 heavy (non-hydrogen) atoms. The number of H-pyrrole nitrogens is 1. The summed E-state index contributed by atoms with van der Waals surface area (Å²) >= 11 is 0. The Labute approximate surface area is 96.8 Å². The SMILES string of the molecule is Cc1cn([C@H]2CC(N)[C@@H](CO)O2)c(=O)[nH]c1=O. The number of aliphatic hydroxyl groups excluding tert-OH is 1. The lowest BCUT2D eigenvalue weighted by Gasteiger charge is -2.14. The lowest BCUT2D eigenvalue weighted by atomic mass is 10.1. The number of aryl methyl sites for hydroxylation is 1. The van der Waals surface area contributed by atoms with Gasteiger partial charge in [0.25, 0.3) is 5.56 Å². The minimum Gasteiger partial charge on any atom is -0.394 e. The average Bonchev–Trinajstić information content (AvgIpc) is 2.65. The molecule has 1 aromatic heterocycles. The van der Waals surface area contributed by atoms with Crippen molar-refractivity contribution in [2.45, 2.75) is 31.7 Å². The molecule has 2 rings (SSSR count). The van der Waals surface area contributed by atoms with Crippen molar-refractivity contribution < 1.29 is 9.84 Å². The van der Waals surface area contributed by atoms with E-state index in [1.807, 2.05) is 0 Å². The maximum absolute atomic E-state index is 11.6. The Balaban J connectivity index is 2.34. The third-order valence-electron chi connectivity index (χ3n) is 2.92. The average molecular weight is 241 g/mol. The Hall–Kier alpha value is -1.44. The summed E-state index contributed by atoms with van der Waals surface area (Å²) in [5, 5.41) is 9.02. The quantitative estimate of drug-likeness (QED) is 0.580. The Morgan fingerprint density at radius 1 is 1.65 bits per heavy atom. The molecule has 0 aromatic carbocycles. The van der Waals surface area contributed by atoms with Crippen molar-refractivity contribution >= 4 is 0 Å². The molecule has 1 aliphatic rings. The summed E-state index contributed by atoms with van der Waals surface area (Å²) in [6.07, 6.45) is 0.860. The number of aromatic amines is 1. The highest BCUT2D eigenvalue weighted by Gasteiger charge is 2.33. The maximum Gasteiger partial charge on any atom is 0.330 e. The van der Waals surface area contributed by atoms with Gasteiger partial charge in [-0.1, -0.05) is 0 Å². The Bertz CT molecular complexity index is 521. The highest BCUT2D eigenvalue weighted by Crippen LogP contribution is 2.25. The predicted molar refractivity (Wildman–Crippen MR) is 59.6 cm³/mol. The summed E-state index contributed by atoms with van der Waals surface area (Å²) in [5.41, 5.74) is 5.25. The second-order valence-corrected chi connectivity index (χ2v) is 4.19. The van der Waals surface area contributed by atoms with Gasteiger partial charge in [0.15, 0.2) is 0 Å². The fourth-order valence-corrected chi connectivity index (χ4v) is 1.90. The van der Waals surface area contributed by atoms with E-state index in [1.54, 1.807) is 6.92 Å². The molecule has 0 bridgehead atoms. The summed E-state index contributed by atoms with van der Waals surface area (Å²) in [6, 6.07) is -0.316. The van der Waals surface area contributed by atoms with Crippen LogP contribution in [0.2, 0.25) is 0 Å². The van der Waals surface area contributed by atoms with Crippen LogP contribution < -0.4 is 17.0 Å². The van der Waals surface area contributed by atoms with Gasteiger partial charge in [0.1, 0.15) is 6.23 Å².